The summed E-state index contributed by atoms with van der Waals surface area (Å²) >= 11 is 0. The number of rotatable bonds is 4. The lowest BCUT2D eigenvalue weighted by molar-refractivity contribution is -0.127. The highest BCUT2D eigenvalue weighted by Gasteiger charge is 2.34. The topological polar surface area (TPSA) is 71.2 Å². The minimum atomic E-state index is -0.666. The Hall–Kier alpha value is -1.04. The van der Waals surface area contributed by atoms with Crippen molar-refractivity contribution >= 4 is 36.5 Å². The third kappa shape index (κ3) is 5.73. The summed E-state index contributed by atoms with van der Waals surface area (Å²) in [5.74, 6) is 1.02. The molecule has 2 fully saturated rings. The Bertz CT molecular complexity index is 544. The molecule has 0 spiro atoms. The molecule has 25 heavy (non-hydrogen) atoms. The van der Waals surface area contributed by atoms with Crippen molar-refractivity contribution in [3.63, 3.8) is 0 Å². The number of carbonyl (C=O) groups is 1. The molecular weight excluding hydrogens is 359 g/mol. The number of nitrogens with two attached hydrogens (primary N) is 1. The van der Waals surface area contributed by atoms with Crippen molar-refractivity contribution in [3.05, 3.63) is 23.9 Å². The van der Waals surface area contributed by atoms with Gasteiger partial charge in [0.1, 0.15) is 5.82 Å². The molecular formula is C18H30Cl2N4O. The molecule has 0 aromatic carbocycles. The normalized spacial score (nSPS) is 19.3. The number of hydrogen-bond donors (Lipinski definition) is 2. The highest BCUT2D eigenvalue weighted by Crippen LogP contribution is 2.26. The Morgan fingerprint density at radius 1 is 1.12 bits per heavy atom. The van der Waals surface area contributed by atoms with Crippen LogP contribution < -0.4 is 16.0 Å². The van der Waals surface area contributed by atoms with Crippen molar-refractivity contribution in [2.75, 3.05) is 18.0 Å². The van der Waals surface area contributed by atoms with E-state index in [0.29, 0.717) is 6.54 Å². The number of hydrogen-bond acceptors (Lipinski definition) is 4. The lowest BCUT2D eigenvalue weighted by Gasteiger charge is -2.32. The van der Waals surface area contributed by atoms with E-state index in [9.17, 15) is 4.79 Å². The summed E-state index contributed by atoms with van der Waals surface area (Å²) in [4.78, 5) is 19.2. The summed E-state index contributed by atoms with van der Waals surface area (Å²) in [5.41, 5.74) is 6.71. The van der Waals surface area contributed by atoms with Gasteiger partial charge in [0.05, 0.1) is 5.54 Å². The molecule has 142 valence electrons. The second-order valence-electron chi connectivity index (χ2n) is 6.97. The van der Waals surface area contributed by atoms with Gasteiger partial charge in [-0.3, -0.25) is 4.79 Å². The molecule has 3 N–H and O–H groups in total. The van der Waals surface area contributed by atoms with Crippen LogP contribution in [0.2, 0.25) is 0 Å². The SMILES string of the molecule is Cl.Cl.NC1(C(=O)NCc2ccnc(N3CCCCC3)c2)CCCCC1. The number of piperidine rings is 1. The Labute approximate surface area is 163 Å². The molecule has 1 saturated carbocycles. The van der Waals surface area contributed by atoms with Gasteiger partial charge in [-0.25, -0.2) is 4.98 Å². The molecule has 1 aromatic rings. The summed E-state index contributed by atoms with van der Waals surface area (Å²) < 4.78 is 0. The van der Waals surface area contributed by atoms with Crippen molar-refractivity contribution in [3.8, 4) is 0 Å². The van der Waals surface area contributed by atoms with E-state index in [1.54, 1.807) is 0 Å². The van der Waals surface area contributed by atoms with Gasteiger partial charge in [-0.15, -0.1) is 24.8 Å². The predicted molar refractivity (Wildman–Crippen MR) is 107 cm³/mol. The molecule has 2 aliphatic rings. The third-order valence-corrected chi connectivity index (χ3v) is 5.14. The van der Waals surface area contributed by atoms with E-state index < -0.39 is 5.54 Å². The molecule has 1 aliphatic heterocycles. The van der Waals surface area contributed by atoms with Crippen molar-refractivity contribution in [2.24, 2.45) is 5.73 Å². The van der Waals surface area contributed by atoms with Gasteiger partial charge < -0.3 is 16.0 Å². The number of carbonyl (C=O) groups excluding carboxylic acids is 1. The van der Waals surface area contributed by atoms with Gasteiger partial charge in [0.15, 0.2) is 0 Å². The van der Waals surface area contributed by atoms with Gasteiger partial charge in [-0.1, -0.05) is 19.3 Å². The monoisotopic (exact) mass is 388 g/mol. The standard InChI is InChI=1S/C18H28N4O.2ClH/c19-18(8-3-1-4-9-18)17(23)21-14-15-7-10-20-16(13-15)22-11-5-2-6-12-22;;/h7,10,13H,1-6,8-9,11-12,14,19H2,(H,21,23);2*1H. The smallest absolute Gasteiger partial charge is 0.240 e. The van der Waals surface area contributed by atoms with Crippen molar-refractivity contribution in [1.29, 1.82) is 0 Å². The molecule has 0 unspecified atom stereocenters. The van der Waals surface area contributed by atoms with Gasteiger partial charge in [0.2, 0.25) is 5.91 Å². The van der Waals surface area contributed by atoms with Crippen LogP contribution in [-0.2, 0) is 11.3 Å². The minimum absolute atomic E-state index is 0. The molecule has 1 aromatic heterocycles. The molecule has 2 heterocycles. The number of halogens is 2. The maximum Gasteiger partial charge on any atom is 0.240 e. The van der Waals surface area contributed by atoms with Crippen LogP contribution >= 0.6 is 24.8 Å². The van der Waals surface area contributed by atoms with Crippen molar-refractivity contribution in [2.45, 2.75) is 63.5 Å². The summed E-state index contributed by atoms with van der Waals surface area (Å²) in [6.07, 6.45) is 10.5. The largest absolute Gasteiger partial charge is 0.357 e. The van der Waals surface area contributed by atoms with Crippen LogP contribution in [0.25, 0.3) is 0 Å². The fraction of sp³-hybridized carbons (Fsp3) is 0.667. The first-order valence-electron chi connectivity index (χ1n) is 8.94. The molecule has 1 saturated heterocycles. The highest BCUT2D eigenvalue weighted by atomic mass is 35.5. The Morgan fingerprint density at radius 3 is 2.44 bits per heavy atom. The first kappa shape index (κ1) is 22.0. The van der Waals surface area contributed by atoms with Gasteiger partial charge in [0.25, 0.3) is 0 Å². The van der Waals surface area contributed by atoms with Gasteiger partial charge in [-0.2, -0.15) is 0 Å². The third-order valence-electron chi connectivity index (χ3n) is 5.14. The Kier molecular flexibility index (Phi) is 8.97. The molecule has 1 amide bonds. The lowest BCUT2D eigenvalue weighted by atomic mass is 9.82. The first-order chi connectivity index (χ1) is 11.2. The number of nitrogens with one attached hydrogen (secondary N) is 1. The van der Waals surface area contributed by atoms with Gasteiger partial charge >= 0.3 is 0 Å². The molecule has 5 nitrogen and oxygen atoms in total. The maximum absolute atomic E-state index is 12.4. The molecule has 3 rings (SSSR count). The fourth-order valence-corrected chi connectivity index (χ4v) is 3.63. The zero-order valence-electron chi connectivity index (χ0n) is 14.7. The summed E-state index contributed by atoms with van der Waals surface area (Å²) in [6.45, 7) is 2.69. The van der Waals surface area contributed by atoms with Gasteiger partial charge in [0, 0.05) is 25.8 Å². The molecule has 7 heteroatoms. The van der Waals surface area contributed by atoms with Crippen molar-refractivity contribution < 1.29 is 4.79 Å². The lowest BCUT2D eigenvalue weighted by Crippen LogP contribution is -2.54. The average molecular weight is 389 g/mol. The molecule has 1 aliphatic carbocycles. The fourth-order valence-electron chi connectivity index (χ4n) is 3.63. The van der Waals surface area contributed by atoms with E-state index in [1.807, 2.05) is 12.3 Å². The summed E-state index contributed by atoms with van der Waals surface area (Å²) in [5, 5.41) is 3.03. The Morgan fingerprint density at radius 2 is 1.76 bits per heavy atom. The zero-order valence-corrected chi connectivity index (χ0v) is 16.3. The predicted octanol–water partition coefficient (Wildman–Crippen LogP) is 3.19. The number of pyridine rings is 1. The van der Waals surface area contributed by atoms with E-state index in [-0.39, 0.29) is 30.7 Å². The van der Waals surface area contributed by atoms with Crippen LogP contribution in [0.3, 0.4) is 0 Å². The summed E-state index contributed by atoms with van der Waals surface area (Å²) in [6, 6.07) is 4.06. The second-order valence-corrected chi connectivity index (χ2v) is 6.97. The minimum Gasteiger partial charge on any atom is -0.357 e. The number of aromatic nitrogens is 1. The van der Waals surface area contributed by atoms with Crippen LogP contribution in [0.4, 0.5) is 5.82 Å². The van der Waals surface area contributed by atoms with Crippen LogP contribution in [0.15, 0.2) is 18.3 Å². The zero-order chi connectivity index (χ0) is 16.1. The van der Waals surface area contributed by atoms with E-state index in [1.165, 1.54) is 25.7 Å². The molecule has 0 atom stereocenters. The number of amides is 1. The quantitative estimate of drug-likeness (QED) is 0.830. The van der Waals surface area contributed by atoms with E-state index in [4.69, 9.17) is 5.73 Å². The second kappa shape index (κ2) is 10.2. The van der Waals surface area contributed by atoms with Gasteiger partial charge in [-0.05, 0) is 49.8 Å². The Balaban J connectivity index is 0.00000156. The average Bonchev–Trinajstić information content (AvgIpc) is 2.61. The van der Waals surface area contributed by atoms with Crippen LogP contribution in [0, 0.1) is 0 Å². The van der Waals surface area contributed by atoms with E-state index in [2.05, 4.69) is 21.3 Å². The van der Waals surface area contributed by atoms with Crippen molar-refractivity contribution in [1.82, 2.24) is 10.3 Å². The number of anilines is 1. The van der Waals surface area contributed by atoms with Crippen LogP contribution in [0.1, 0.15) is 56.9 Å². The van der Waals surface area contributed by atoms with E-state index in [0.717, 1.165) is 50.2 Å². The van der Waals surface area contributed by atoms with Crippen LogP contribution in [0.5, 0.6) is 0 Å². The first-order valence-corrected chi connectivity index (χ1v) is 8.94. The highest BCUT2D eigenvalue weighted by molar-refractivity contribution is 5.86. The summed E-state index contributed by atoms with van der Waals surface area (Å²) in [7, 11) is 0. The number of nitrogens with zero attached hydrogens (tertiary/aromatic N) is 2. The molecule has 0 radical (unpaired) electrons. The maximum atomic E-state index is 12.4. The van der Waals surface area contributed by atoms with Crippen LogP contribution in [-0.4, -0.2) is 29.5 Å². The molecule has 0 bridgehead atoms. The van der Waals surface area contributed by atoms with E-state index >= 15 is 0 Å².